The zero-order valence-corrected chi connectivity index (χ0v) is 15.6. The van der Waals surface area contributed by atoms with Gasteiger partial charge in [-0.1, -0.05) is 0 Å². The third kappa shape index (κ3) is 4.68. The van der Waals surface area contributed by atoms with E-state index in [4.69, 9.17) is 10.5 Å². The second-order valence-electron chi connectivity index (χ2n) is 5.51. The topological polar surface area (TPSA) is 80.4 Å². The Kier molecular flexibility index (Phi) is 6.59. The summed E-state index contributed by atoms with van der Waals surface area (Å²) in [4.78, 5) is 19.0. The number of nitrogen functional groups attached to an aromatic ring is 1. The molecule has 3 rings (SSSR count). The van der Waals surface area contributed by atoms with Gasteiger partial charge in [0.2, 0.25) is 11.8 Å². The van der Waals surface area contributed by atoms with Gasteiger partial charge in [0.15, 0.2) is 5.13 Å². The summed E-state index contributed by atoms with van der Waals surface area (Å²) in [5.74, 6) is 1.41. The first-order chi connectivity index (χ1) is 11.1. The second-order valence-corrected chi connectivity index (χ2v) is 6.66. The van der Waals surface area contributed by atoms with Crippen molar-refractivity contribution >= 4 is 34.8 Å². The average Bonchev–Trinajstić information content (AvgIpc) is 2.93. The molecule has 1 aliphatic rings. The van der Waals surface area contributed by atoms with E-state index in [1.165, 1.54) is 4.88 Å². The minimum atomic E-state index is 0. The molecule has 0 amide bonds. The minimum absolute atomic E-state index is 0. The van der Waals surface area contributed by atoms with Crippen LogP contribution in [0.5, 0.6) is 5.88 Å². The van der Waals surface area contributed by atoms with Crippen molar-refractivity contribution in [3.8, 4) is 5.88 Å². The monoisotopic (exact) mass is 370 g/mol. The summed E-state index contributed by atoms with van der Waals surface area (Å²) >= 11 is 1.56. The number of nitrogens with zero attached hydrogens (tertiary/aromatic N) is 5. The largest absolute Gasteiger partial charge is 0.478 e. The van der Waals surface area contributed by atoms with Crippen molar-refractivity contribution in [2.45, 2.75) is 20.4 Å². The molecule has 2 aromatic rings. The number of rotatable bonds is 5. The van der Waals surface area contributed by atoms with Gasteiger partial charge >= 0.3 is 0 Å². The molecule has 132 valence electrons. The second kappa shape index (κ2) is 8.46. The summed E-state index contributed by atoms with van der Waals surface area (Å²) in [6.45, 7) is 9.20. The maximum absolute atomic E-state index is 5.69. The Morgan fingerprint density at radius 2 is 2.00 bits per heavy atom. The Bertz CT molecular complexity index is 659. The number of piperazine rings is 1. The van der Waals surface area contributed by atoms with Crippen molar-refractivity contribution in [2.75, 3.05) is 43.4 Å². The summed E-state index contributed by atoms with van der Waals surface area (Å²) < 4.78 is 5.52. The van der Waals surface area contributed by atoms with E-state index >= 15 is 0 Å². The Hall–Kier alpha value is -1.64. The SMILES string of the molecule is CCOc1cc(C)nc(N2CCN(Cc3cnc(N)s3)CC2)n1.Cl. The van der Waals surface area contributed by atoms with E-state index in [2.05, 4.69) is 24.8 Å². The molecular weight excluding hydrogens is 348 g/mol. The molecule has 2 aromatic heterocycles. The fourth-order valence-electron chi connectivity index (χ4n) is 2.61. The normalized spacial score (nSPS) is 15.2. The molecule has 0 aromatic carbocycles. The zero-order chi connectivity index (χ0) is 16.2. The van der Waals surface area contributed by atoms with E-state index in [1.807, 2.05) is 26.1 Å². The van der Waals surface area contributed by atoms with Crippen LogP contribution >= 0.6 is 23.7 Å². The van der Waals surface area contributed by atoms with Crippen molar-refractivity contribution in [1.29, 1.82) is 0 Å². The van der Waals surface area contributed by atoms with Gasteiger partial charge in [0.05, 0.1) is 6.61 Å². The van der Waals surface area contributed by atoms with Gasteiger partial charge in [0, 0.05) is 55.6 Å². The number of hydrogen-bond donors (Lipinski definition) is 1. The lowest BCUT2D eigenvalue weighted by atomic mass is 10.3. The van der Waals surface area contributed by atoms with Crippen LogP contribution in [0.25, 0.3) is 0 Å². The summed E-state index contributed by atoms with van der Waals surface area (Å²) in [6.07, 6.45) is 1.87. The molecule has 0 aliphatic carbocycles. The van der Waals surface area contributed by atoms with Gasteiger partial charge in [-0.05, 0) is 13.8 Å². The fraction of sp³-hybridized carbons (Fsp3) is 0.533. The lowest BCUT2D eigenvalue weighted by molar-refractivity contribution is 0.250. The quantitative estimate of drug-likeness (QED) is 0.861. The molecule has 0 radical (unpaired) electrons. The van der Waals surface area contributed by atoms with Crippen molar-refractivity contribution < 1.29 is 4.74 Å². The molecule has 1 fully saturated rings. The maximum atomic E-state index is 5.69. The van der Waals surface area contributed by atoms with Gasteiger partial charge in [0.1, 0.15) is 0 Å². The Morgan fingerprint density at radius 1 is 1.25 bits per heavy atom. The van der Waals surface area contributed by atoms with Crippen molar-refractivity contribution in [2.24, 2.45) is 0 Å². The van der Waals surface area contributed by atoms with Gasteiger partial charge in [-0.15, -0.1) is 23.7 Å². The van der Waals surface area contributed by atoms with Crippen LogP contribution in [0.15, 0.2) is 12.3 Å². The molecule has 24 heavy (non-hydrogen) atoms. The van der Waals surface area contributed by atoms with Gasteiger partial charge in [0.25, 0.3) is 0 Å². The predicted molar refractivity (Wildman–Crippen MR) is 99.2 cm³/mol. The maximum Gasteiger partial charge on any atom is 0.228 e. The van der Waals surface area contributed by atoms with Gasteiger partial charge < -0.3 is 15.4 Å². The van der Waals surface area contributed by atoms with Crippen LogP contribution in [-0.4, -0.2) is 52.6 Å². The Balaban J connectivity index is 0.00000208. The fourth-order valence-corrected chi connectivity index (χ4v) is 3.34. The highest BCUT2D eigenvalue weighted by atomic mass is 35.5. The Labute approximate surface area is 152 Å². The zero-order valence-electron chi connectivity index (χ0n) is 13.9. The van der Waals surface area contributed by atoms with Gasteiger partial charge in [-0.2, -0.15) is 4.98 Å². The van der Waals surface area contributed by atoms with Crippen LogP contribution in [0.4, 0.5) is 11.1 Å². The first kappa shape index (κ1) is 18.7. The number of anilines is 2. The van der Waals surface area contributed by atoms with Crippen LogP contribution in [0, 0.1) is 6.92 Å². The summed E-state index contributed by atoms with van der Waals surface area (Å²) in [7, 11) is 0. The molecule has 0 spiro atoms. The molecule has 9 heteroatoms. The van der Waals surface area contributed by atoms with Crippen LogP contribution in [-0.2, 0) is 6.54 Å². The number of aromatic nitrogens is 3. The molecule has 2 N–H and O–H groups in total. The van der Waals surface area contributed by atoms with Crippen molar-refractivity contribution in [3.63, 3.8) is 0 Å². The minimum Gasteiger partial charge on any atom is -0.478 e. The highest BCUT2D eigenvalue weighted by Crippen LogP contribution is 2.20. The molecule has 1 aliphatic heterocycles. The van der Waals surface area contributed by atoms with E-state index in [-0.39, 0.29) is 12.4 Å². The predicted octanol–water partition coefficient (Wildman–Crippen LogP) is 1.97. The highest BCUT2D eigenvalue weighted by molar-refractivity contribution is 7.15. The van der Waals surface area contributed by atoms with Crippen molar-refractivity contribution in [3.05, 3.63) is 22.8 Å². The lowest BCUT2D eigenvalue weighted by Gasteiger charge is -2.34. The van der Waals surface area contributed by atoms with E-state index < -0.39 is 0 Å². The number of aryl methyl sites for hydroxylation is 1. The molecule has 0 saturated carbocycles. The number of ether oxygens (including phenoxy) is 1. The number of hydrogen-bond acceptors (Lipinski definition) is 8. The van der Waals surface area contributed by atoms with Crippen LogP contribution in [0.2, 0.25) is 0 Å². The number of thiazole rings is 1. The van der Waals surface area contributed by atoms with E-state index in [1.54, 1.807) is 11.3 Å². The third-order valence-electron chi connectivity index (χ3n) is 3.72. The molecule has 0 atom stereocenters. The summed E-state index contributed by atoms with van der Waals surface area (Å²) in [5, 5.41) is 0.634. The summed E-state index contributed by atoms with van der Waals surface area (Å²) in [5.41, 5.74) is 6.62. The number of halogens is 1. The highest BCUT2D eigenvalue weighted by Gasteiger charge is 2.20. The van der Waals surface area contributed by atoms with Crippen LogP contribution < -0.4 is 15.4 Å². The van der Waals surface area contributed by atoms with E-state index in [0.717, 1.165) is 44.4 Å². The van der Waals surface area contributed by atoms with E-state index in [0.29, 0.717) is 17.6 Å². The molecule has 0 bridgehead atoms. The standard InChI is InChI=1S/C15H22N6OS.ClH/c1-3-22-13-8-11(2)18-15(19-13)21-6-4-20(5-7-21)10-12-9-17-14(16)23-12;/h8-9H,3-7,10H2,1-2H3,(H2,16,17);1H. The lowest BCUT2D eigenvalue weighted by Crippen LogP contribution is -2.46. The third-order valence-corrected chi connectivity index (χ3v) is 4.53. The van der Waals surface area contributed by atoms with Crippen LogP contribution in [0.1, 0.15) is 17.5 Å². The Morgan fingerprint density at radius 3 is 2.62 bits per heavy atom. The van der Waals surface area contributed by atoms with Gasteiger partial charge in [-0.3, -0.25) is 4.90 Å². The number of nitrogens with two attached hydrogens (primary N) is 1. The molecule has 7 nitrogen and oxygen atoms in total. The molecular formula is C15H23ClN6OS. The molecule has 1 saturated heterocycles. The first-order valence-electron chi connectivity index (χ1n) is 7.80. The average molecular weight is 371 g/mol. The summed E-state index contributed by atoms with van der Waals surface area (Å²) in [6, 6.07) is 1.87. The first-order valence-corrected chi connectivity index (χ1v) is 8.61. The smallest absolute Gasteiger partial charge is 0.228 e. The van der Waals surface area contributed by atoms with Gasteiger partial charge in [-0.25, -0.2) is 9.97 Å². The van der Waals surface area contributed by atoms with Crippen LogP contribution in [0.3, 0.4) is 0 Å². The van der Waals surface area contributed by atoms with Crippen molar-refractivity contribution in [1.82, 2.24) is 19.9 Å². The molecule has 3 heterocycles. The molecule has 0 unspecified atom stereocenters. The van der Waals surface area contributed by atoms with E-state index in [9.17, 15) is 0 Å².